The van der Waals surface area contributed by atoms with Crippen molar-refractivity contribution < 1.29 is 14.3 Å². The molecule has 9 heteroatoms. The molecule has 7 nitrogen and oxygen atoms in total. The highest BCUT2D eigenvalue weighted by atomic mass is 35.5. The molecule has 1 N–H and O–H groups in total. The minimum atomic E-state index is -0.451. The van der Waals surface area contributed by atoms with E-state index in [4.69, 9.17) is 16.3 Å². The molecule has 0 saturated heterocycles. The number of hydrazone groups is 1. The number of esters is 1. The van der Waals surface area contributed by atoms with Crippen molar-refractivity contribution in [2.45, 2.75) is 25.8 Å². The zero-order valence-corrected chi connectivity index (χ0v) is 17.3. The Bertz CT molecular complexity index is 1020. The minimum Gasteiger partial charge on any atom is -0.465 e. The van der Waals surface area contributed by atoms with Gasteiger partial charge in [-0.15, -0.1) is 0 Å². The third-order valence-corrected chi connectivity index (χ3v) is 5.98. The van der Waals surface area contributed by atoms with Crippen molar-refractivity contribution in [3.05, 3.63) is 67.2 Å². The number of rotatable bonds is 6. The lowest BCUT2D eigenvalue weighted by molar-refractivity contribution is -0.125. The maximum atomic E-state index is 12.3. The number of nitrogens with zero attached hydrogens (tertiary/aromatic N) is 2. The van der Waals surface area contributed by atoms with Gasteiger partial charge in [0.1, 0.15) is 5.15 Å². The van der Waals surface area contributed by atoms with Crippen LogP contribution < -0.4 is 10.3 Å². The second-order valence-corrected chi connectivity index (χ2v) is 7.87. The van der Waals surface area contributed by atoms with Crippen molar-refractivity contribution >= 4 is 41.0 Å². The number of thiazole rings is 1. The second kappa shape index (κ2) is 9.67. The summed E-state index contributed by atoms with van der Waals surface area (Å²) < 4.78 is 6.10. The van der Waals surface area contributed by atoms with Gasteiger partial charge in [-0.2, -0.15) is 5.10 Å². The third-order valence-electron chi connectivity index (χ3n) is 4.54. The van der Waals surface area contributed by atoms with E-state index in [9.17, 15) is 14.4 Å². The lowest BCUT2D eigenvalue weighted by atomic mass is 9.94. The van der Waals surface area contributed by atoms with E-state index in [1.165, 1.54) is 17.9 Å². The van der Waals surface area contributed by atoms with Gasteiger partial charge in [0.2, 0.25) is 5.91 Å². The molecule has 0 unspecified atom stereocenters. The van der Waals surface area contributed by atoms with Crippen LogP contribution in [0.25, 0.3) is 0 Å². The zero-order chi connectivity index (χ0) is 20.8. The summed E-state index contributed by atoms with van der Waals surface area (Å²) in [6.45, 7) is 0.202. The van der Waals surface area contributed by atoms with Crippen LogP contribution in [0, 0.1) is 5.92 Å². The summed E-state index contributed by atoms with van der Waals surface area (Å²) in [5, 5.41) is 4.18. The number of allylic oxidation sites excluding steroid dienone is 2. The van der Waals surface area contributed by atoms with Gasteiger partial charge in [-0.3, -0.25) is 14.2 Å². The smallest absolute Gasteiger partial charge is 0.337 e. The minimum absolute atomic E-state index is 0.0851. The quantitative estimate of drug-likeness (QED) is 0.328. The Morgan fingerprint density at radius 3 is 2.97 bits per heavy atom. The Morgan fingerprint density at radius 1 is 1.41 bits per heavy atom. The SMILES string of the molecule is COC(=O)c1cccc(Cn2c(Cl)c(/C=N\NC(=O)[C@@H]3CC=CCC3)sc2=O)c1. The Labute approximate surface area is 176 Å². The van der Waals surface area contributed by atoms with Crippen LogP contribution in [0.3, 0.4) is 0 Å². The molecule has 0 radical (unpaired) electrons. The summed E-state index contributed by atoms with van der Waals surface area (Å²) in [6.07, 6.45) is 7.83. The molecule has 0 spiro atoms. The van der Waals surface area contributed by atoms with Crippen molar-refractivity contribution in [3.8, 4) is 0 Å². The molecule has 0 saturated carbocycles. The van der Waals surface area contributed by atoms with Crippen molar-refractivity contribution in [1.82, 2.24) is 9.99 Å². The molecule has 3 rings (SSSR count). The predicted molar refractivity (Wildman–Crippen MR) is 113 cm³/mol. The van der Waals surface area contributed by atoms with Gasteiger partial charge < -0.3 is 4.74 Å². The van der Waals surface area contributed by atoms with E-state index in [1.807, 2.05) is 6.08 Å². The van der Waals surface area contributed by atoms with Crippen LogP contribution in [-0.4, -0.2) is 29.8 Å². The normalized spacial score (nSPS) is 16.1. The first-order valence-electron chi connectivity index (χ1n) is 9.04. The van der Waals surface area contributed by atoms with Gasteiger partial charge in [-0.05, 0) is 37.0 Å². The van der Waals surface area contributed by atoms with Crippen LogP contribution in [0.2, 0.25) is 5.15 Å². The highest BCUT2D eigenvalue weighted by Crippen LogP contribution is 2.20. The number of amides is 1. The van der Waals surface area contributed by atoms with Crippen molar-refractivity contribution in [3.63, 3.8) is 0 Å². The first kappa shape index (κ1) is 21.0. The Morgan fingerprint density at radius 2 is 2.24 bits per heavy atom. The molecule has 1 amide bonds. The van der Waals surface area contributed by atoms with Gasteiger partial charge in [0.05, 0.1) is 30.3 Å². The first-order valence-corrected chi connectivity index (χ1v) is 10.2. The number of ether oxygens (including phenoxy) is 1. The number of hydrogen-bond acceptors (Lipinski definition) is 6. The molecule has 1 aromatic carbocycles. The summed E-state index contributed by atoms with van der Waals surface area (Å²) in [5.41, 5.74) is 3.64. The van der Waals surface area contributed by atoms with E-state index in [1.54, 1.807) is 24.3 Å². The Balaban J connectivity index is 1.70. The first-order chi connectivity index (χ1) is 14.0. The summed E-state index contributed by atoms with van der Waals surface area (Å²) in [5.74, 6) is -0.682. The summed E-state index contributed by atoms with van der Waals surface area (Å²) >= 11 is 7.28. The third kappa shape index (κ3) is 5.21. The largest absolute Gasteiger partial charge is 0.465 e. The molecule has 1 aliphatic carbocycles. The van der Waals surface area contributed by atoms with Gasteiger partial charge in [0.25, 0.3) is 0 Å². The molecule has 1 aliphatic rings. The number of carbonyl (C=O) groups is 2. The highest BCUT2D eigenvalue weighted by molar-refractivity contribution is 7.11. The topological polar surface area (TPSA) is 89.8 Å². The molecule has 0 bridgehead atoms. The molecular formula is C20H20ClN3O4S. The lowest BCUT2D eigenvalue weighted by Crippen LogP contribution is -2.27. The summed E-state index contributed by atoms with van der Waals surface area (Å²) in [7, 11) is 1.31. The number of carbonyl (C=O) groups excluding carboxylic acids is 2. The number of hydrogen-bond donors (Lipinski definition) is 1. The molecule has 1 heterocycles. The van der Waals surface area contributed by atoms with Crippen LogP contribution in [0.4, 0.5) is 0 Å². The van der Waals surface area contributed by atoms with Gasteiger partial charge >= 0.3 is 10.8 Å². The zero-order valence-electron chi connectivity index (χ0n) is 15.8. The molecule has 1 atom stereocenters. The molecule has 29 heavy (non-hydrogen) atoms. The van der Waals surface area contributed by atoms with E-state index in [0.717, 1.165) is 29.7 Å². The Hall–Kier alpha value is -2.71. The van der Waals surface area contributed by atoms with Crippen LogP contribution in [0.15, 0.2) is 46.3 Å². The monoisotopic (exact) mass is 433 g/mol. The van der Waals surface area contributed by atoms with Gasteiger partial charge in [0.15, 0.2) is 0 Å². The van der Waals surface area contributed by atoms with Crippen LogP contribution in [-0.2, 0) is 16.1 Å². The fraction of sp³-hybridized carbons (Fsp3) is 0.300. The standard InChI is InChI=1S/C20H20ClN3O4S/c1-28-19(26)15-9-5-6-13(10-15)12-24-17(21)16(29-20(24)27)11-22-23-18(25)14-7-3-2-4-8-14/h2-3,5-6,9-11,14H,4,7-8,12H2,1H3,(H,23,25)/b22-11-/t14-/m1/s1. The van der Waals surface area contributed by atoms with Gasteiger partial charge in [-0.25, -0.2) is 10.2 Å². The molecule has 2 aromatic rings. The number of halogens is 1. The van der Waals surface area contributed by atoms with E-state index in [0.29, 0.717) is 16.9 Å². The number of aromatic nitrogens is 1. The van der Waals surface area contributed by atoms with Crippen LogP contribution in [0.1, 0.15) is 40.1 Å². The van der Waals surface area contributed by atoms with Crippen molar-refractivity contribution in [2.75, 3.05) is 7.11 Å². The average molecular weight is 434 g/mol. The lowest BCUT2D eigenvalue weighted by Gasteiger charge is -2.14. The van der Waals surface area contributed by atoms with E-state index in [2.05, 4.69) is 16.6 Å². The number of methoxy groups -OCH3 is 1. The summed E-state index contributed by atoms with van der Waals surface area (Å²) in [4.78, 5) is 36.3. The number of nitrogens with one attached hydrogen (secondary N) is 1. The average Bonchev–Trinajstić information content (AvgIpc) is 3.01. The maximum absolute atomic E-state index is 12.3. The molecule has 0 aliphatic heterocycles. The van der Waals surface area contributed by atoms with Gasteiger partial charge in [0, 0.05) is 5.92 Å². The Kier molecular flexibility index (Phi) is 7.00. The highest BCUT2D eigenvalue weighted by Gasteiger charge is 2.18. The maximum Gasteiger partial charge on any atom is 0.337 e. The molecule has 152 valence electrons. The van der Waals surface area contributed by atoms with E-state index in [-0.39, 0.29) is 28.4 Å². The summed E-state index contributed by atoms with van der Waals surface area (Å²) in [6, 6.07) is 6.79. The molecular weight excluding hydrogens is 414 g/mol. The van der Waals surface area contributed by atoms with Crippen LogP contribution >= 0.6 is 22.9 Å². The van der Waals surface area contributed by atoms with E-state index >= 15 is 0 Å². The molecule has 1 aromatic heterocycles. The predicted octanol–water partition coefficient (Wildman–Crippen LogP) is 3.20. The van der Waals surface area contributed by atoms with Crippen molar-refractivity contribution in [1.29, 1.82) is 0 Å². The fourth-order valence-electron chi connectivity index (χ4n) is 2.99. The fourth-order valence-corrected chi connectivity index (χ4v) is 4.10. The van der Waals surface area contributed by atoms with E-state index < -0.39 is 5.97 Å². The number of benzene rings is 1. The second-order valence-electron chi connectivity index (χ2n) is 6.52. The van der Waals surface area contributed by atoms with Crippen LogP contribution in [0.5, 0.6) is 0 Å². The molecule has 0 fully saturated rings. The van der Waals surface area contributed by atoms with Crippen molar-refractivity contribution in [2.24, 2.45) is 11.0 Å². The van der Waals surface area contributed by atoms with Gasteiger partial charge in [-0.1, -0.05) is 47.2 Å².